The molecule has 1 fully saturated rings. The van der Waals surface area contributed by atoms with Crippen LogP contribution in [-0.4, -0.2) is 47.3 Å². The predicted molar refractivity (Wildman–Crippen MR) is 110 cm³/mol. The minimum atomic E-state index is -0.437. The van der Waals surface area contributed by atoms with Gasteiger partial charge in [-0.2, -0.15) is 0 Å². The van der Waals surface area contributed by atoms with Crippen molar-refractivity contribution in [2.24, 2.45) is 0 Å². The van der Waals surface area contributed by atoms with E-state index in [1.807, 2.05) is 41.7 Å². The summed E-state index contributed by atoms with van der Waals surface area (Å²) >= 11 is 1.83. The first-order valence-electron chi connectivity index (χ1n) is 9.65. The largest absolute Gasteiger partial charge is 0.389 e. The Morgan fingerprint density at radius 1 is 1.07 bits per heavy atom. The van der Waals surface area contributed by atoms with Crippen molar-refractivity contribution in [2.75, 3.05) is 26.2 Å². The number of hydrogen-bond acceptors (Lipinski definition) is 5. The lowest BCUT2D eigenvalue weighted by Crippen LogP contribution is -2.39. The summed E-state index contributed by atoms with van der Waals surface area (Å²) in [6.07, 6.45) is 1.78. The Bertz CT molecular complexity index is 811. The molecule has 142 valence electrons. The molecule has 27 heavy (non-hydrogen) atoms. The highest BCUT2D eigenvalue weighted by Crippen LogP contribution is 2.33. The Morgan fingerprint density at radius 2 is 1.81 bits per heavy atom. The molecular formula is C22H26N2O2S. The van der Waals surface area contributed by atoms with Gasteiger partial charge in [0.2, 0.25) is 0 Å². The van der Waals surface area contributed by atoms with Crippen LogP contribution in [0, 0.1) is 0 Å². The molecule has 4 rings (SSSR count). The van der Waals surface area contributed by atoms with Crippen LogP contribution in [0.15, 0.2) is 54.6 Å². The molecule has 3 aromatic rings. The number of likely N-dealkylation sites (tertiary alicyclic amines) is 1. The Labute approximate surface area is 164 Å². The quantitative estimate of drug-likeness (QED) is 0.669. The topological polar surface area (TPSA) is 45.6 Å². The highest BCUT2D eigenvalue weighted by molar-refractivity contribution is 7.18. The van der Waals surface area contributed by atoms with Crippen molar-refractivity contribution in [2.45, 2.75) is 31.5 Å². The van der Waals surface area contributed by atoms with Gasteiger partial charge in [-0.25, -0.2) is 4.98 Å². The van der Waals surface area contributed by atoms with Gasteiger partial charge in [-0.05, 0) is 43.6 Å². The van der Waals surface area contributed by atoms with Gasteiger partial charge in [0.1, 0.15) is 0 Å². The van der Waals surface area contributed by atoms with Crippen molar-refractivity contribution >= 4 is 21.6 Å². The van der Waals surface area contributed by atoms with Crippen molar-refractivity contribution in [1.82, 2.24) is 9.88 Å². The lowest BCUT2D eigenvalue weighted by molar-refractivity contribution is 0.00622. The molecule has 1 N–H and O–H groups in total. The first kappa shape index (κ1) is 18.6. The second-order valence-corrected chi connectivity index (χ2v) is 8.31. The van der Waals surface area contributed by atoms with Crippen LogP contribution in [0.2, 0.25) is 0 Å². The van der Waals surface area contributed by atoms with Crippen LogP contribution < -0.4 is 0 Å². The van der Waals surface area contributed by atoms with Crippen LogP contribution >= 0.6 is 11.3 Å². The average molecular weight is 383 g/mol. The van der Waals surface area contributed by atoms with Gasteiger partial charge in [0.25, 0.3) is 0 Å². The molecule has 0 radical (unpaired) electrons. The molecular weight excluding hydrogens is 356 g/mol. The minimum Gasteiger partial charge on any atom is -0.389 e. The van der Waals surface area contributed by atoms with Gasteiger partial charge in [-0.3, -0.25) is 0 Å². The van der Waals surface area contributed by atoms with Crippen LogP contribution in [0.1, 0.15) is 29.3 Å². The number of aliphatic hydroxyl groups excluding tert-OH is 1. The first-order chi connectivity index (χ1) is 13.3. The molecule has 0 bridgehead atoms. The SMILES string of the molecule is OC(COCc1ccccc1)CN1CCC(c2nc3ccccc3s2)CC1. The standard InChI is InChI=1S/C22H26N2O2S/c25-19(16-26-15-17-6-2-1-3-7-17)14-24-12-10-18(11-13-24)22-23-20-8-4-5-9-21(20)27-22/h1-9,18-19,25H,10-16H2. The maximum atomic E-state index is 10.3. The molecule has 0 spiro atoms. The molecule has 1 atom stereocenters. The molecule has 4 nitrogen and oxygen atoms in total. The summed E-state index contributed by atoms with van der Waals surface area (Å²) in [7, 11) is 0. The number of hydrogen-bond donors (Lipinski definition) is 1. The monoisotopic (exact) mass is 382 g/mol. The Morgan fingerprint density at radius 3 is 2.59 bits per heavy atom. The fourth-order valence-electron chi connectivity index (χ4n) is 3.66. The van der Waals surface area contributed by atoms with Crippen LogP contribution in [0.3, 0.4) is 0 Å². The van der Waals surface area contributed by atoms with Crippen LogP contribution in [0.4, 0.5) is 0 Å². The van der Waals surface area contributed by atoms with Crippen LogP contribution in [0.5, 0.6) is 0 Å². The van der Waals surface area contributed by atoms with E-state index < -0.39 is 6.10 Å². The summed E-state index contributed by atoms with van der Waals surface area (Å²) in [6.45, 7) is 3.64. The molecule has 5 heteroatoms. The maximum absolute atomic E-state index is 10.3. The molecule has 2 aromatic carbocycles. The number of piperidine rings is 1. The van der Waals surface area contributed by atoms with Gasteiger partial charge in [-0.15, -0.1) is 11.3 Å². The molecule has 1 aromatic heterocycles. The first-order valence-corrected chi connectivity index (χ1v) is 10.5. The zero-order chi connectivity index (χ0) is 18.5. The smallest absolute Gasteiger partial charge is 0.0970 e. The lowest BCUT2D eigenvalue weighted by Gasteiger charge is -2.32. The molecule has 1 unspecified atom stereocenters. The fraction of sp³-hybridized carbons (Fsp3) is 0.409. The summed E-state index contributed by atoms with van der Waals surface area (Å²) in [5.74, 6) is 0.546. The Balaban J connectivity index is 1.21. The number of fused-ring (bicyclic) bond motifs is 1. The molecule has 0 aliphatic carbocycles. The number of para-hydroxylation sites is 1. The third-order valence-corrected chi connectivity index (χ3v) is 6.34. The number of β-amino-alcohol motifs (C(OH)–C–C–N with tert-alkyl or cyclic N) is 1. The summed E-state index contributed by atoms with van der Waals surface area (Å²) in [5, 5.41) is 11.5. The summed E-state index contributed by atoms with van der Waals surface area (Å²) in [6, 6.07) is 18.5. The highest BCUT2D eigenvalue weighted by atomic mass is 32.1. The van der Waals surface area contributed by atoms with Gasteiger partial charge < -0.3 is 14.7 Å². The second-order valence-electron chi connectivity index (χ2n) is 7.25. The molecule has 2 heterocycles. The van der Waals surface area contributed by atoms with E-state index in [0.717, 1.165) is 37.0 Å². The van der Waals surface area contributed by atoms with Gasteiger partial charge in [0, 0.05) is 12.5 Å². The van der Waals surface area contributed by atoms with Crippen molar-refractivity contribution in [1.29, 1.82) is 0 Å². The van der Waals surface area contributed by atoms with E-state index >= 15 is 0 Å². The predicted octanol–water partition coefficient (Wildman–Crippen LogP) is 4.05. The number of aromatic nitrogens is 1. The molecule has 1 saturated heterocycles. The number of aliphatic hydroxyl groups is 1. The third-order valence-electron chi connectivity index (χ3n) is 5.14. The van der Waals surface area contributed by atoms with Crippen molar-refractivity contribution < 1.29 is 9.84 Å². The van der Waals surface area contributed by atoms with Gasteiger partial charge in [0.05, 0.1) is 34.5 Å². The number of nitrogens with zero attached hydrogens (tertiary/aromatic N) is 2. The molecule has 1 aliphatic heterocycles. The zero-order valence-corrected chi connectivity index (χ0v) is 16.3. The van der Waals surface area contributed by atoms with Gasteiger partial charge in [0.15, 0.2) is 0 Å². The summed E-state index contributed by atoms with van der Waals surface area (Å²) in [4.78, 5) is 7.17. The average Bonchev–Trinajstić information content (AvgIpc) is 3.13. The van der Waals surface area contributed by atoms with E-state index in [0.29, 0.717) is 25.7 Å². The van der Waals surface area contributed by atoms with E-state index in [9.17, 15) is 5.11 Å². The van der Waals surface area contributed by atoms with E-state index in [4.69, 9.17) is 9.72 Å². The lowest BCUT2D eigenvalue weighted by atomic mass is 9.97. The van der Waals surface area contributed by atoms with Gasteiger partial charge in [-0.1, -0.05) is 42.5 Å². The van der Waals surface area contributed by atoms with E-state index in [1.165, 1.54) is 9.71 Å². The highest BCUT2D eigenvalue weighted by Gasteiger charge is 2.24. The summed E-state index contributed by atoms with van der Waals surface area (Å²) < 4.78 is 6.94. The Kier molecular flexibility index (Phi) is 6.14. The Hall–Kier alpha value is -1.79. The van der Waals surface area contributed by atoms with Crippen LogP contribution in [-0.2, 0) is 11.3 Å². The van der Waals surface area contributed by atoms with E-state index in [2.05, 4.69) is 29.2 Å². The van der Waals surface area contributed by atoms with E-state index in [-0.39, 0.29) is 0 Å². The molecule has 0 amide bonds. The number of ether oxygens (including phenoxy) is 1. The fourth-order valence-corrected chi connectivity index (χ4v) is 4.80. The van der Waals surface area contributed by atoms with Gasteiger partial charge >= 0.3 is 0 Å². The normalized spacial score (nSPS) is 17.4. The van der Waals surface area contributed by atoms with Crippen molar-refractivity contribution in [3.8, 4) is 0 Å². The molecule has 0 saturated carbocycles. The van der Waals surface area contributed by atoms with Crippen molar-refractivity contribution in [3.63, 3.8) is 0 Å². The minimum absolute atomic E-state index is 0.382. The number of benzene rings is 2. The van der Waals surface area contributed by atoms with E-state index in [1.54, 1.807) is 0 Å². The number of rotatable bonds is 7. The number of thiazole rings is 1. The zero-order valence-electron chi connectivity index (χ0n) is 15.5. The maximum Gasteiger partial charge on any atom is 0.0970 e. The van der Waals surface area contributed by atoms with Crippen LogP contribution in [0.25, 0.3) is 10.2 Å². The third kappa shape index (κ3) is 4.93. The summed E-state index contributed by atoms with van der Waals surface area (Å²) in [5.41, 5.74) is 2.26. The van der Waals surface area contributed by atoms with Crippen molar-refractivity contribution in [3.05, 3.63) is 65.2 Å². The molecule has 1 aliphatic rings. The second kappa shape index (κ2) is 8.93.